The highest BCUT2D eigenvalue weighted by molar-refractivity contribution is 6.30. The Bertz CT molecular complexity index is 422. The number of hydrogen-bond acceptors (Lipinski definition) is 2. The molecule has 1 aromatic carbocycles. The summed E-state index contributed by atoms with van der Waals surface area (Å²) in [7, 11) is 0. The Hall–Kier alpha value is -0.640. The quantitative estimate of drug-likeness (QED) is 0.914. The highest BCUT2D eigenvalue weighted by Crippen LogP contribution is 2.33. The van der Waals surface area contributed by atoms with Crippen molar-refractivity contribution >= 4 is 11.6 Å². The van der Waals surface area contributed by atoms with Crippen LogP contribution in [0.15, 0.2) is 18.2 Å². The Labute approximate surface area is 113 Å². The van der Waals surface area contributed by atoms with Gasteiger partial charge in [0.2, 0.25) is 0 Å². The van der Waals surface area contributed by atoms with E-state index in [4.69, 9.17) is 17.3 Å². The molecule has 0 bridgehead atoms. The fraction of sp³-hybridized carbons (Fsp3) is 0.571. The summed E-state index contributed by atoms with van der Waals surface area (Å²) in [6.07, 6.45) is 0.916. The summed E-state index contributed by atoms with van der Waals surface area (Å²) in [5.74, 6) is 0.298. The molecule has 2 rings (SSSR count). The summed E-state index contributed by atoms with van der Waals surface area (Å²) in [4.78, 5) is 2.28. The van der Waals surface area contributed by atoms with Gasteiger partial charge in [0.05, 0.1) is 6.04 Å². The van der Waals surface area contributed by atoms with Crippen molar-refractivity contribution in [3.05, 3.63) is 34.6 Å². The normalized spacial score (nSPS) is 25.0. The third kappa shape index (κ3) is 2.85. The van der Waals surface area contributed by atoms with Crippen molar-refractivity contribution in [1.29, 1.82) is 0 Å². The van der Waals surface area contributed by atoms with Gasteiger partial charge in [-0.1, -0.05) is 31.5 Å². The number of rotatable bonds is 3. The summed E-state index contributed by atoms with van der Waals surface area (Å²) in [5, 5.41) is 0.429. The molecule has 2 N–H and O–H groups in total. The zero-order valence-electron chi connectivity index (χ0n) is 10.9. The second-order valence-electron chi connectivity index (χ2n) is 5.45. The van der Waals surface area contributed by atoms with Crippen molar-refractivity contribution in [2.75, 3.05) is 13.1 Å². The summed E-state index contributed by atoms with van der Waals surface area (Å²) < 4.78 is 14.0. The van der Waals surface area contributed by atoms with Crippen LogP contribution >= 0.6 is 11.6 Å². The van der Waals surface area contributed by atoms with Crippen molar-refractivity contribution in [1.82, 2.24) is 4.90 Å². The van der Waals surface area contributed by atoms with E-state index in [0.717, 1.165) is 19.5 Å². The SMILES string of the molecule is CC(C)CN1CCC(N)C1c1ccc(Cl)cc1F. The van der Waals surface area contributed by atoms with Gasteiger partial charge in [-0.3, -0.25) is 4.90 Å². The molecule has 1 saturated heterocycles. The van der Waals surface area contributed by atoms with E-state index in [2.05, 4.69) is 18.7 Å². The van der Waals surface area contributed by atoms with E-state index in [1.807, 2.05) is 0 Å². The topological polar surface area (TPSA) is 29.3 Å². The lowest BCUT2D eigenvalue weighted by Crippen LogP contribution is -2.34. The molecule has 1 fully saturated rings. The number of nitrogens with two attached hydrogens (primary N) is 1. The smallest absolute Gasteiger partial charge is 0.129 e. The van der Waals surface area contributed by atoms with Crippen LogP contribution in [0.2, 0.25) is 5.02 Å². The molecular weight excluding hydrogens is 251 g/mol. The molecule has 0 spiro atoms. The van der Waals surface area contributed by atoms with Crippen molar-refractivity contribution in [2.45, 2.75) is 32.4 Å². The number of likely N-dealkylation sites (tertiary alicyclic amines) is 1. The maximum Gasteiger partial charge on any atom is 0.129 e. The molecule has 1 aromatic rings. The second-order valence-corrected chi connectivity index (χ2v) is 5.89. The Morgan fingerprint density at radius 2 is 2.22 bits per heavy atom. The summed E-state index contributed by atoms with van der Waals surface area (Å²) in [6, 6.07) is 4.85. The van der Waals surface area contributed by atoms with Crippen LogP contribution in [-0.2, 0) is 0 Å². The lowest BCUT2D eigenvalue weighted by molar-refractivity contribution is 0.217. The van der Waals surface area contributed by atoms with Crippen molar-refractivity contribution in [3.8, 4) is 0 Å². The highest BCUT2D eigenvalue weighted by Gasteiger charge is 2.34. The number of hydrogen-bond donors (Lipinski definition) is 1. The van der Waals surface area contributed by atoms with E-state index in [1.165, 1.54) is 6.07 Å². The first-order valence-electron chi connectivity index (χ1n) is 6.43. The molecule has 0 saturated carbocycles. The van der Waals surface area contributed by atoms with Crippen LogP contribution < -0.4 is 5.73 Å². The maximum atomic E-state index is 14.0. The minimum atomic E-state index is -0.251. The van der Waals surface area contributed by atoms with Gasteiger partial charge in [-0.2, -0.15) is 0 Å². The lowest BCUT2D eigenvalue weighted by Gasteiger charge is -2.28. The summed E-state index contributed by atoms with van der Waals surface area (Å²) in [6.45, 7) is 6.21. The van der Waals surface area contributed by atoms with Crippen LogP contribution in [0.5, 0.6) is 0 Å². The van der Waals surface area contributed by atoms with E-state index in [9.17, 15) is 4.39 Å². The molecule has 0 aliphatic carbocycles. The van der Waals surface area contributed by atoms with Gasteiger partial charge < -0.3 is 5.73 Å². The highest BCUT2D eigenvalue weighted by atomic mass is 35.5. The minimum absolute atomic E-state index is 0.000532. The lowest BCUT2D eigenvalue weighted by atomic mass is 9.99. The third-order valence-electron chi connectivity index (χ3n) is 3.43. The molecule has 1 aliphatic heterocycles. The molecule has 0 aromatic heterocycles. The predicted octanol–water partition coefficient (Wildman–Crippen LogP) is 3.21. The van der Waals surface area contributed by atoms with E-state index in [0.29, 0.717) is 16.5 Å². The molecular formula is C14H20ClFN2. The van der Waals surface area contributed by atoms with Gasteiger partial charge in [-0.25, -0.2) is 4.39 Å². The zero-order valence-corrected chi connectivity index (χ0v) is 11.6. The van der Waals surface area contributed by atoms with Crippen LogP contribution in [0.3, 0.4) is 0 Å². The minimum Gasteiger partial charge on any atom is -0.326 e. The number of benzene rings is 1. The first-order valence-corrected chi connectivity index (χ1v) is 6.81. The third-order valence-corrected chi connectivity index (χ3v) is 3.66. The Kier molecular flexibility index (Phi) is 4.25. The molecule has 100 valence electrons. The molecule has 4 heteroatoms. The van der Waals surface area contributed by atoms with Crippen LogP contribution in [-0.4, -0.2) is 24.0 Å². The first-order chi connectivity index (χ1) is 8.49. The van der Waals surface area contributed by atoms with Crippen molar-refractivity contribution in [2.24, 2.45) is 11.7 Å². The van der Waals surface area contributed by atoms with E-state index in [-0.39, 0.29) is 17.9 Å². The molecule has 2 nitrogen and oxygen atoms in total. The average molecular weight is 271 g/mol. The van der Waals surface area contributed by atoms with Crippen LogP contribution in [0.25, 0.3) is 0 Å². The maximum absolute atomic E-state index is 14.0. The van der Waals surface area contributed by atoms with E-state index in [1.54, 1.807) is 12.1 Å². The van der Waals surface area contributed by atoms with Gasteiger partial charge in [0, 0.05) is 29.7 Å². The Morgan fingerprint density at radius 3 is 2.83 bits per heavy atom. The summed E-state index contributed by atoms with van der Waals surface area (Å²) in [5.41, 5.74) is 6.81. The van der Waals surface area contributed by atoms with Gasteiger partial charge in [-0.15, -0.1) is 0 Å². The molecule has 0 amide bonds. The molecule has 0 radical (unpaired) electrons. The zero-order chi connectivity index (χ0) is 13.3. The van der Waals surface area contributed by atoms with Crippen LogP contribution in [0, 0.1) is 11.7 Å². The second kappa shape index (κ2) is 5.55. The largest absolute Gasteiger partial charge is 0.326 e. The van der Waals surface area contributed by atoms with E-state index < -0.39 is 0 Å². The summed E-state index contributed by atoms with van der Waals surface area (Å²) >= 11 is 5.80. The van der Waals surface area contributed by atoms with Gasteiger partial charge in [0.25, 0.3) is 0 Å². The molecule has 18 heavy (non-hydrogen) atoms. The molecule has 2 atom stereocenters. The Morgan fingerprint density at radius 1 is 1.50 bits per heavy atom. The predicted molar refractivity (Wildman–Crippen MR) is 73.2 cm³/mol. The fourth-order valence-electron chi connectivity index (χ4n) is 2.73. The number of nitrogens with zero attached hydrogens (tertiary/aromatic N) is 1. The van der Waals surface area contributed by atoms with Gasteiger partial charge in [-0.05, 0) is 24.5 Å². The first kappa shape index (κ1) is 13.8. The van der Waals surface area contributed by atoms with E-state index >= 15 is 0 Å². The molecule has 2 unspecified atom stereocenters. The molecule has 1 aliphatic rings. The average Bonchev–Trinajstić information content (AvgIpc) is 2.60. The Balaban J connectivity index is 2.27. The fourth-order valence-corrected chi connectivity index (χ4v) is 2.88. The number of halogens is 2. The van der Waals surface area contributed by atoms with Crippen molar-refractivity contribution < 1.29 is 4.39 Å². The van der Waals surface area contributed by atoms with Crippen LogP contribution in [0.4, 0.5) is 4.39 Å². The van der Waals surface area contributed by atoms with Crippen molar-refractivity contribution in [3.63, 3.8) is 0 Å². The molecule has 1 heterocycles. The standard InChI is InChI=1S/C14H20ClFN2/c1-9(2)8-18-6-5-13(17)14(18)11-4-3-10(15)7-12(11)16/h3-4,7,9,13-14H,5-6,8,17H2,1-2H3. The van der Waals surface area contributed by atoms with Gasteiger partial charge in [0.1, 0.15) is 5.82 Å². The van der Waals surface area contributed by atoms with Gasteiger partial charge in [0.15, 0.2) is 0 Å². The monoisotopic (exact) mass is 270 g/mol. The van der Waals surface area contributed by atoms with Crippen LogP contribution in [0.1, 0.15) is 31.9 Å². The van der Waals surface area contributed by atoms with Gasteiger partial charge >= 0.3 is 0 Å².